The van der Waals surface area contributed by atoms with E-state index in [1.54, 1.807) is 0 Å². The van der Waals surface area contributed by atoms with Crippen molar-refractivity contribution >= 4 is 11.6 Å². The second-order valence-electron chi connectivity index (χ2n) is 8.34. The largest absolute Gasteiger partial charge is 0.507 e. The van der Waals surface area contributed by atoms with Gasteiger partial charge in [0.15, 0.2) is 0 Å². The van der Waals surface area contributed by atoms with Crippen LogP contribution in [0.5, 0.6) is 0 Å². The van der Waals surface area contributed by atoms with Gasteiger partial charge in [-0.2, -0.15) is 0 Å². The van der Waals surface area contributed by atoms with E-state index in [-0.39, 0.29) is 28.6 Å². The van der Waals surface area contributed by atoms with Gasteiger partial charge in [-0.15, -0.1) is 0 Å². The quantitative estimate of drug-likeness (QED) is 0.591. The second-order valence-corrected chi connectivity index (χ2v) is 8.34. The second kappa shape index (κ2) is 4.92. The summed E-state index contributed by atoms with van der Waals surface area (Å²) in [5.41, 5.74) is 0.891. The molecule has 4 heteroatoms. The molecule has 0 spiro atoms. The number of rotatable bonds is 1. The van der Waals surface area contributed by atoms with E-state index in [4.69, 9.17) is 4.74 Å². The number of aliphatic hydroxyl groups excluding tert-OH is 1. The zero-order valence-electron chi connectivity index (χ0n) is 14.5. The van der Waals surface area contributed by atoms with E-state index < -0.39 is 17.2 Å². The predicted octanol–water partition coefficient (Wildman–Crippen LogP) is 3.44. The fourth-order valence-electron chi connectivity index (χ4n) is 5.19. The van der Waals surface area contributed by atoms with E-state index >= 15 is 0 Å². The lowest BCUT2D eigenvalue weighted by atomic mass is 9.62. The summed E-state index contributed by atoms with van der Waals surface area (Å²) in [5, 5.41) is 10.7. The van der Waals surface area contributed by atoms with Crippen LogP contribution in [0.2, 0.25) is 0 Å². The highest BCUT2D eigenvalue weighted by Gasteiger charge is 2.58. The molecule has 128 valence electrons. The third-order valence-electron chi connectivity index (χ3n) is 6.42. The Morgan fingerprint density at radius 3 is 2.71 bits per heavy atom. The summed E-state index contributed by atoms with van der Waals surface area (Å²) >= 11 is 0. The summed E-state index contributed by atoms with van der Waals surface area (Å²) in [6.07, 6.45) is 7.49. The summed E-state index contributed by atoms with van der Waals surface area (Å²) in [5.74, 6) is -0.993. The number of ether oxygens (including phenoxy) is 1. The number of Topliss-reactive ketones (excluding diaryl/α,β-unsaturated/α-hetero) is 2. The SMILES string of the molecule is CC(C)C1=C(O)C2=C(C[C@@]34CCC[C@@](C)(CO3)[C@H]4C=C2)C(=O)C1=O. The van der Waals surface area contributed by atoms with Gasteiger partial charge in [-0.05, 0) is 30.6 Å². The molecule has 4 nitrogen and oxygen atoms in total. The van der Waals surface area contributed by atoms with Gasteiger partial charge in [0.05, 0.1) is 12.2 Å². The maximum absolute atomic E-state index is 12.8. The van der Waals surface area contributed by atoms with Crippen LogP contribution in [-0.4, -0.2) is 28.9 Å². The number of aliphatic hydroxyl groups is 1. The van der Waals surface area contributed by atoms with E-state index in [0.717, 1.165) is 19.3 Å². The number of carbonyl (C=O) groups excluding carboxylic acids is 2. The van der Waals surface area contributed by atoms with Crippen LogP contribution in [0.1, 0.15) is 46.5 Å². The molecule has 0 unspecified atom stereocenters. The maximum atomic E-state index is 12.8. The Balaban J connectivity index is 1.87. The van der Waals surface area contributed by atoms with Crippen LogP contribution in [-0.2, 0) is 14.3 Å². The van der Waals surface area contributed by atoms with Crippen molar-refractivity contribution in [3.63, 3.8) is 0 Å². The number of ketones is 2. The van der Waals surface area contributed by atoms with Crippen molar-refractivity contribution in [2.45, 2.75) is 52.1 Å². The topological polar surface area (TPSA) is 63.6 Å². The van der Waals surface area contributed by atoms with Crippen molar-refractivity contribution in [2.24, 2.45) is 17.3 Å². The van der Waals surface area contributed by atoms with Crippen LogP contribution in [0.15, 0.2) is 34.6 Å². The van der Waals surface area contributed by atoms with Gasteiger partial charge in [-0.25, -0.2) is 0 Å². The van der Waals surface area contributed by atoms with Gasteiger partial charge in [-0.3, -0.25) is 9.59 Å². The van der Waals surface area contributed by atoms with Crippen molar-refractivity contribution in [3.8, 4) is 0 Å². The monoisotopic (exact) mass is 328 g/mol. The Kier molecular flexibility index (Phi) is 3.24. The minimum atomic E-state index is -0.555. The van der Waals surface area contributed by atoms with Gasteiger partial charge < -0.3 is 9.84 Å². The van der Waals surface area contributed by atoms with E-state index in [1.165, 1.54) is 0 Å². The Labute approximate surface area is 142 Å². The molecule has 3 aliphatic carbocycles. The molecular weight excluding hydrogens is 304 g/mol. The maximum Gasteiger partial charge on any atom is 0.233 e. The zero-order chi connectivity index (χ0) is 17.3. The summed E-state index contributed by atoms with van der Waals surface area (Å²) in [7, 11) is 0. The molecule has 1 saturated carbocycles. The molecule has 1 N–H and O–H groups in total. The molecule has 0 aromatic carbocycles. The average molecular weight is 328 g/mol. The number of hydrogen-bond donors (Lipinski definition) is 1. The van der Waals surface area contributed by atoms with Crippen LogP contribution in [0.4, 0.5) is 0 Å². The highest BCUT2D eigenvalue weighted by Crippen LogP contribution is 2.58. The molecule has 1 aliphatic heterocycles. The Bertz CT molecular complexity index is 739. The molecule has 1 saturated heterocycles. The molecule has 4 rings (SSSR count). The van der Waals surface area contributed by atoms with E-state index in [9.17, 15) is 14.7 Å². The van der Waals surface area contributed by atoms with Gasteiger partial charge in [0, 0.05) is 29.1 Å². The van der Waals surface area contributed by atoms with Crippen LogP contribution in [0.3, 0.4) is 0 Å². The first kappa shape index (κ1) is 15.8. The summed E-state index contributed by atoms with van der Waals surface area (Å²) in [6.45, 7) is 6.60. The Hall–Kier alpha value is -1.68. The molecular formula is C20H24O4. The fraction of sp³-hybridized carbons (Fsp3) is 0.600. The molecule has 4 aliphatic rings. The normalized spacial score (nSPS) is 38.6. The minimum Gasteiger partial charge on any atom is -0.507 e. The first-order valence-electron chi connectivity index (χ1n) is 8.87. The lowest BCUT2D eigenvalue weighted by Gasteiger charge is -2.42. The van der Waals surface area contributed by atoms with E-state index in [1.807, 2.05) is 19.9 Å². The molecule has 0 radical (unpaired) electrons. The van der Waals surface area contributed by atoms with Gasteiger partial charge >= 0.3 is 0 Å². The zero-order valence-corrected chi connectivity index (χ0v) is 14.5. The van der Waals surface area contributed by atoms with Crippen LogP contribution in [0.25, 0.3) is 0 Å². The minimum absolute atomic E-state index is 0.0167. The highest BCUT2D eigenvalue weighted by atomic mass is 16.5. The number of carbonyl (C=O) groups is 2. The summed E-state index contributed by atoms with van der Waals surface area (Å²) in [6, 6.07) is 0. The summed E-state index contributed by atoms with van der Waals surface area (Å²) < 4.78 is 6.25. The molecule has 2 fully saturated rings. The lowest BCUT2D eigenvalue weighted by Crippen LogP contribution is -2.43. The average Bonchev–Trinajstić information content (AvgIpc) is 2.68. The summed E-state index contributed by atoms with van der Waals surface area (Å²) in [4.78, 5) is 25.3. The molecule has 1 heterocycles. The Morgan fingerprint density at radius 2 is 2.00 bits per heavy atom. The fourth-order valence-corrected chi connectivity index (χ4v) is 5.19. The van der Waals surface area contributed by atoms with Crippen molar-refractivity contribution in [1.29, 1.82) is 0 Å². The standard InChI is InChI=1S/C20H24O4/c1-11(2)15-16(21)12-5-6-14-19(3)7-4-8-20(14,24-10-19)9-13(12)17(22)18(15)23/h5-6,11,14,21H,4,7-10H2,1-3H3/t14-,19+,20-/m1/s1. The first-order valence-corrected chi connectivity index (χ1v) is 8.87. The van der Waals surface area contributed by atoms with Crippen LogP contribution < -0.4 is 0 Å². The van der Waals surface area contributed by atoms with Crippen LogP contribution in [0, 0.1) is 17.3 Å². The van der Waals surface area contributed by atoms with Gasteiger partial charge in [0.25, 0.3) is 0 Å². The third-order valence-corrected chi connectivity index (χ3v) is 6.42. The van der Waals surface area contributed by atoms with E-state index in [2.05, 4.69) is 13.0 Å². The molecule has 0 amide bonds. The first-order chi connectivity index (χ1) is 11.3. The predicted molar refractivity (Wildman–Crippen MR) is 89.4 cm³/mol. The van der Waals surface area contributed by atoms with E-state index in [0.29, 0.717) is 24.2 Å². The van der Waals surface area contributed by atoms with Crippen molar-refractivity contribution in [2.75, 3.05) is 6.61 Å². The van der Waals surface area contributed by atoms with Crippen LogP contribution >= 0.6 is 0 Å². The molecule has 24 heavy (non-hydrogen) atoms. The van der Waals surface area contributed by atoms with Gasteiger partial charge in [0.1, 0.15) is 5.76 Å². The molecule has 3 atom stereocenters. The number of hydrogen-bond acceptors (Lipinski definition) is 4. The lowest BCUT2D eigenvalue weighted by molar-refractivity contribution is -0.133. The van der Waals surface area contributed by atoms with Crippen molar-refractivity contribution in [3.05, 3.63) is 34.6 Å². The third kappa shape index (κ3) is 1.89. The molecule has 0 aromatic rings. The Morgan fingerprint density at radius 1 is 1.25 bits per heavy atom. The number of allylic oxidation sites excluding steroid dienone is 2. The smallest absolute Gasteiger partial charge is 0.233 e. The van der Waals surface area contributed by atoms with Gasteiger partial charge in [-0.1, -0.05) is 32.9 Å². The van der Waals surface area contributed by atoms with Crippen molar-refractivity contribution in [1.82, 2.24) is 0 Å². The molecule has 2 bridgehead atoms. The highest BCUT2D eigenvalue weighted by molar-refractivity contribution is 6.50. The van der Waals surface area contributed by atoms with Gasteiger partial charge in [0.2, 0.25) is 11.6 Å². The van der Waals surface area contributed by atoms with Crippen molar-refractivity contribution < 1.29 is 19.4 Å². The molecule has 0 aromatic heterocycles.